The van der Waals surface area contributed by atoms with Gasteiger partial charge < -0.3 is 20.4 Å². The van der Waals surface area contributed by atoms with Gasteiger partial charge in [-0.05, 0) is 35.2 Å². The lowest BCUT2D eigenvalue weighted by molar-refractivity contribution is -0.996. The number of phenolic OH excluding ortho intramolecular Hbond substituents is 1. The first kappa shape index (κ1) is 24.7. The van der Waals surface area contributed by atoms with Crippen molar-refractivity contribution in [2.75, 3.05) is 24.0 Å². The zero-order valence-corrected chi connectivity index (χ0v) is 20.3. The molecule has 10 heteroatoms. The number of hydrazone groups is 1. The van der Waals surface area contributed by atoms with E-state index < -0.39 is 10.5 Å². The van der Waals surface area contributed by atoms with Crippen molar-refractivity contribution >= 4 is 39.2 Å². The number of phenols is 1. The maximum absolute atomic E-state index is 12.2. The van der Waals surface area contributed by atoms with Crippen LogP contribution in [0.15, 0.2) is 84.0 Å². The molecule has 5 N–H and O–H groups in total. The van der Waals surface area contributed by atoms with Gasteiger partial charge in [0.2, 0.25) is 0 Å². The Bertz CT molecular complexity index is 1470. The molecule has 3 atom stereocenters. The number of hydrogen-bond acceptors (Lipinski definition) is 8. The van der Waals surface area contributed by atoms with Gasteiger partial charge in [0.05, 0.1) is 17.8 Å². The number of fused-ring (bicyclic) bond motifs is 1. The third kappa shape index (κ3) is 4.60. The monoisotopic (exact) mass is 501 g/mol. The van der Waals surface area contributed by atoms with E-state index in [1.165, 1.54) is 12.1 Å². The first-order valence-electron chi connectivity index (χ1n) is 11.7. The predicted octanol–water partition coefficient (Wildman–Crippen LogP) is 2.77. The molecule has 4 aromatic carbocycles. The second-order valence-electron chi connectivity index (χ2n) is 9.12. The highest BCUT2D eigenvalue weighted by Crippen LogP contribution is 2.42. The minimum absolute atomic E-state index is 0.111. The fourth-order valence-electron chi connectivity index (χ4n) is 4.68. The van der Waals surface area contributed by atoms with Gasteiger partial charge in [0.25, 0.3) is 0 Å². The molecule has 0 radical (unpaired) electrons. The second kappa shape index (κ2) is 9.79. The lowest BCUT2D eigenvalue weighted by Gasteiger charge is -2.27. The van der Waals surface area contributed by atoms with Gasteiger partial charge >= 0.3 is 0 Å². The Hall–Kier alpha value is -4.03. The Labute approximate surface area is 213 Å². The normalized spacial score (nSPS) is 17.1. The third-order valence-corrected chi connectivity index (χ3v) is 6.64. The predicted molar refractivity (Wildman–Crippen MR) is 141 cm³/mol. The van der Waals surface area contributed by atoms with E-state index in [0.717, 1.165) is 22.7 Å². The van der Waals surface area contributed by atoms with Crippen LogP contribution in [0, 0.1) is 10.4 Å². The van der Waals surface area contributed by atoms with Crippen molar-refractivity contribution in [3.8, 4) is 5.75 Å². The maximum Gasteiger partial charge on any atom is 0.195 e. The van der Waals surface area contributed by atoms with Gasteiger partial charge in [-0.15, -0.1) is 0 Å². The van der Waals surface area contributed by atoms with Crippen molar-refractivity contribution in [2.24, 2.45) is 5.10 Å². The van der Waals surface area contributed by atoms with Gasteiger partial charge in [0.1, 0.15) is 11.4 Å². The van der Waals surface area contributed by atoms with Crippen LogP contribution in [0.5, 0.6) is 5.75 Å². The smallest absolute Gasteiger partial charge is 0.195 e. The molecular weight excluding hydrogens is 474 g/mol. The van der Waals surface area contributed by atoms with Gasteiger partial charge in [-0.25, -0.2) is 10.4 Å². The van der Waals surface area contributed by atoms with E-state index in [2.05, 4.69) is 0 Å². The molecule has 0 aliphatic carbocycles. The van der Waals surface area contributed by atoms with Crippen molar-refractivity contribution < 1.29 is 26.0 Å². The van der Waals surface area contributed by atoms with Gasteiger partial charge in [0.15, 0.2) is 11.4 Å². The third-order valence-electron chi connectivity index (χ3n) is 6.64. The number of aromatic hydroxyl groups is 1. The highest BCUT2D eigenvalue weighted by atomic mass is 16.8. The molecule has 4 aromatic rings. The van der Waals surface area contributed by atoms with Crippen LogP contribution in [-0.2, 0) is 0 Å². The Morgan fingerprint density at radius 1 is 0.919 bits per heavy atom. The largest absolute Gasteiger partial charge is 0.595 e. The first-order valence-corrected chi connectivity index (χ1v) is 11.7. The molecule has 0 spiro atoms. The van der Waals surface area contributed by atoms with Gasteiger partial charge in [-0.2, -0.15) is 15.6 Å². The average Bonchev–Trinajstić information content (AvgIpc) is 3.33. The summed E-state index contributed by atoms with van der Waals surface area (Å²) in [7, 11) is 3.90. The van der Waals surface area contributed by atoms with Crippen molar-refractivity contribution in [1.82, 2.24) is 0 Å². The van der Waals surface area contributed by atoms with Crippen LogP contribution in [-0.4, -0.2) is 35.3 Å². The van der Waals surface area contributed by atoms with E-state index in [-0.39, 0.29) is 28.9 Å². The van der Waals surface area contributed by atoms with Crippen molar-refractivity contribution in [2.45, 2.75) is 12.5 Å². The van der Waals surface area contributed by atoms with E-state index in [1.807, 2.05) is 79.7 Å². The van der Waals surface area contributed by atoms with Crippen LogP contribution in [0.4, 0.5) is 22.7 Å². The number of anilines is 2. The molecule has 0 aromatic heterocycles. The molecule has 3 unspecified atom stereocenters. The molecule has 190 valence electrons. The summed E-state index contributed by atoms with van der Waals surface area (Å²) in [5, 5.41) is 59.6. The highest BCUT2D eigenvalue weighted by molar-refractivity contribution is 6.09. The molecule has 0 saturated carbocycles. The molecule has 0 amide bonds. The van der Waals surface area contributed by atoms with E-state index in [0.29, 0.717) is 23.1 Å². The molecule has 37 heavy (non-hydrogen) atoms. The second-order valence-corrected chi connectivity index (χ2v) is 9.12. The summed E-state index contributed by atoms with van der Waals surface area (Å²) < 4.78 is 0. The number of nitrogens with one attached hydrogen (secondary N) is 2. The molecule has 5 rings (SSSR count). The van der Waals surface area contributed by atoms with Gasteiger partial charge in [-0.1, -0.05) is 42.5 Å². The van der Waals surface area contributed by atoms with E-state index in [9.17, 15) is 25.9 Å². The summed E-state index contributed by atoms with van der Waals surface area (Å²) in [6, 6.07) is 22.8. The number of rotatable bonds is 6. The van der Waals surface area contributed by atoms with Crippen LogP contribution in [0.1, 0.15) is 23.6 Å². The van der Waals surface area contributed by atoms with Crippen molar-refractivity contribution in [3.05, 3.63) is 100 Å². The topological polar surface area (TPSA) is 135 Å². The molecule has 0 fully saturated rings. The van der Waals surface area contributed by atoms with Crippen LogP contribution in [0.2, 0.25) is 0 Å². The zero-order chi connectivity index (χ0) is 26.3. The standard InChI is InChI=1S/C27H27N5O5/c1-29(2)19-10-7-18(8-11-19)25-16-23(22-13-9-17-5-3-4-6-21(17)27(22)33)28-30(25)24-14-12-20(31(34)35)15-26(24)32(36)37/h3-15,25,31-34,36H,16H2,1-2H3. The van der Waals surface area contributed by atoms with E-state index in [4.69, 9.17) is 5.10 Å². The van der Waals surface area contributed by atoms with Crippen LogP contribution in [0.3, 0.4) is 0 Å². The van der Waals surface area contributed by atoms with Crippen LogP contribution >= 0.6 is 0 Å². The SMILES string of the molecule is CN(C)c1ccc(C2CC(c3ccc4ccccc4c3O)=NN2c2ccc([NH+]([O-])O)cc2[NH+]([O-])O)cc1. The van der Waals surface area contributed by atoms with Gasteiger partial charge in [-0.3, -0.25) is 5.01 Å². The zero-order valence-electron chi connectivity index (χ0n) is 20.3. The van der Waals surface area contributed by atoms with Crippen LogP contribution in [0.25, 0.3) is 10.8 Å². The Morgan fingerprint density at radius 2 is 1.65 bits per heavy atom. The lowest BCUT2D eigenvalue weighted by atomic mass is 9.95. The van der Waals surface area contributed by atoms with E-state index in [1.54, 1.807) is 5.01 Å². The summed E-state index contributed by atoms with van der Waals surface area (Å²) in [6.45, 7) is 0. The van der Waals surface area contributed by atoms with E-state index >= 15 is 0 Å². The molecule has 1 heterocycles. The summed E-state index contributed by atoms with van der Waals surface area (Å²) in [5.74, 6) is 0.111. The summed E-state index contributed by atoms with van der Waals surface area (Å²) in [5.41, 5.74) is 3.07. The van der Waals surface area contributed by atoms with Gasteiger partial charge in [0, 0.05) is 43.2 Å². The summed E-state index contributed by atoms with van der Waals surface area (Å²) >= 11 is 0. The van der Waals surface area contributed by atoms with Crippen molar-refractivity contribution in [3.63, 3.8) is 0 Å². The highest BCUT2D eigenvalue weighted by Gasteiger charge is 2.34. The minimum Gasteiger partial charge on any atom is -0.595 e. The fourth-order valence-corrected chi connectivity index (χ4v) is 4.68. The molecule has 1 aliphatic rings. The molecule has 0 bridgehead atoms. The fraction of sp³-hybridized carbons (Fsp3) is 0.148. The minimum atomic E-state index is -1.25. The Morgan fingerprint density at radius 3 is 2.32 bits per heavy atom. The molecule has 1 aliphatic heterocycles. The quantitative estimate of drug-likeness (QED) is 0.257. The number of benzene rings is 4. The van der Waals surface area contributed by atoms with Crippen LogP contribution < -0.4 is 20.4 Å². The lowest BCUT2D eigenvalue weighted by Crippen LogP contribution is -3.00. The summed E-state index contributed by atoms with van der Waals surface area (Å²) in [6.07, 6.45) is 0.410. The average molecular weight is 502 g/mol. The summed E-state index contributed by atoms with van der Waals surface area (Å²) in [4.78, 5) is 1.98. The Balaban J connectivity index is 1.64. The molecule has 0 saturated heterocycles. The number of hydrogen-bond donors (Lipinski definition) is 5. The molecular formula is C27H27N5O5. The Kier molecular flexibility index (Phi) is 6.52. The number of nitrogens with zero attached hydrogens (tertiary/aromatic N) is 3. The number of quaternary nitrogens is 2. The maximum atomic E-state index is 12.2. The molecule has 10 nitrogen and oxygen atoms in total. The first-order chi connectivity index (χ1) is 17.7. The van der Waals surface area contributed by atoms with Crippen molar-refractivity contribution in [1.29, 1.82) is 0 Å².